The highest BCUT2D eigenvalue weighted by atomic mass is 19.4. The summed E-state index contributed by atoms with van der Waals surface area (Å²) >= 11 is 0. The van der Waals surface area contributed by atoms with Crippen LogP contribution in [-0.2, 0) is 11.3 Å². The first-order valence-electron chi connectivity index (χ1n) is 8.23. The fraction of sp³-hybridized carbons (Fsp3) is 0.750. The summed E-state index contributed by atoms with van der Waals surface area (Å²) in [7, 11) is 0. The molecule has 2 bridgehead atoms. The predicted molar refractivity (Wildman–Crippen MR) is 80.2 cm³/mol. The molecule has 0 spiro atoms. The van der Waals surface area contributed by atoms with E-state index in [1.54, 1.807) is 0 Å². The van der Waals surface area contributed by atoms with Crippen molar-refractivity contribution in [3.63, 3.8) is 0 Å². The van der Waals surface area contributed by atoms with Gasteiger partial charge in [0.15, 0.2) is 0 Å². The van der Waals surface area contributed by atoms with E-state index in [1.165, 1.54) is 4.90 Å². The Morgan fingerprint density at radius 2 is 2.00 bits per heavy atom. The van der Waals surface area contributed by atoms with E-state index in [0.29, 0.717) is 19.6 Å². The van der Waals surface area contributed by atoms with E-state index < -0.39 is 18.5 Å². The third-order valence-electron chi connectivity index (χ3n) is 5.02. The van der Waals surface area contributed by atoms with Gasteiger partial charge >= 0.3 is 6.18 Å². The quantitative estimate of drug-likeness (QED) is 0.845. The van der Waals surface area contributed by atoms with Crippen molar-refractivity contribution < 1.29 is 22.5 Å². The first-order valence-corrected chi connectivity index (χ1v) is 8.23. The number of carbonyl (C=O) groups is 1. The van der Waals surface area contributed by atoms with Crippen LogP contribution in [-0.4, -0.2) is 52.7 Å². The first kappa shape index (κ1) is 17.3. The maximum atomic E-state index is 12.5. The number of amides is 1. The molecule has 0 unspecified atom stereocenters. The van der Waals surface area contributed by atoms with Crippen LogP contribution in [0.25, 0.3) is 0 Å². The third kappa shape index (κ3) is 3.74. The number of carbonyl (C=O) groups excluding carboxylic acids is 1. The lowest BCUT2D eigenvalue weighted by molar-refractivity contribution is -0.164. The van der Waals surface area contributed by atoms with Gasteiger partial charge in [-0.05, 0) is 32.6 Å². The van der Waals surface area contributed by atoms with Crippen LogP contribution in [0.5, 0.6) is 0 Å². The molecular weight excluding hydrogens is 323 g/mol. The molecule has 1 aromatic heterocycles. The van der Waals surface area contributed by atoms with Crippen LogP contribution in [0.2, 0.25) is 0 Å². The van der Waals surface area contributed by atoms with Gasteiger partial charge in [0.2, 0.25) is 5.91 Å². The number of hydrogen-bond acceptors (Lipinski definition) is 4. The normalized spacial score (nSPS) is 25.1. The molecule has 0 aliphatic carbocycles. The molecule has 3 aliphatic heterocycles. The van der Waals surface area contributed by atoms with Gasteiger partial charge in [-0.15, -0.1) is 0 Å². The van der Waals surface area contributed by atoms with Crippen molar-refractivity contribution in [2.75, 3.05) is 19.6 Å². The van der Waals surface area contributed by atoms with E-state index in [-0.39, 0.29) is 12.0 Å². The summed E-state index contributed by atoms with van der Waals surface area (Å²) in [5.41, 5.74) is 1.87. The molecule has 0 aromatic carbocycles. The lowest BCUT2D eigenvalue weighted by Gasteiger charge is -2.36. The van der Waals surface area contributed by atoms with Gasteiger partial charge < -0.3 is 9.42 Å². The van der Waals surface area contributed by atoms with Gasteiger partial charge in [-0.2, -0.15) is 13.2 Å². The molecule has 0 saturated carbocycles. The second-order valence-corrected chi connectivity index (χ2v) is 6.93. The van der Waals surface area contributed by atoms with Crippen LogP contribution in [0.4, 0.5) is 13.2 Å². The van der Waals surface area contributed by atoms with E-state index >= 15 is 0 Å². The highest BCUT2D eigenvalue weighted by Crippen LogP contribution is 2.31. The van der Waals surface area contributed by atoms with Gasteiger partial charge in [-0.3, -0.25) is 9.69 Å². The molecule has 4 rings (SSSR count). The average molecular weight is 345 g/mol. The Morgan fingerprint density at radius 1 is 1.25 bits per heavy atom. The highest BCUT2D eigenvalue weighted by Gasteiger charge is 2.41. The van der Waals surface area contributed by atoms with Crippen molar-refractivity contribution in [1.29, 1.82) is 0 Å². The van der Waals surface area contributed by atoms with Gasteiger partial charge in [-0.25, -0.2) is 0 Å². The molecule has 3 aliphatic rings. The molecule has 134 valence electrons. The number of aryl methyl sites for hydroxylation is 2. The first-order chi connectivity index (χ1) is 11.2. The van der Waals surface area contributed by atoms with E-state index in [0.717, 1.165) is 36.4 Å². The smallest absolute Gasteiger partial charge is 0.361 e. The summed E-state index contributed by atoms with van der Waals surface area (Å²) in [5.74, 6) is 0.201. The number of piperidine rings is 1. The molecule has 24 heavy (non-hydrogen) atoms. The average Bonchev–Trinajstić information content (AvgIpc) is 2.68. The summed E-state index contributed by atoms with van der Waals surface area (Å²) in [5, 5.41) is 3.95. The number of nitrogens with zero attached hydrogens (tertiary/aromatic N) is 3. The van der Waals surface area contributed by atoms with Crippen molar-refractivity contribution in [3.8, 4) is 0 Å². The van der Waals surface area contributed by atoms with Gasteiger partial charge in [-0.1, -0.05) is 5.16 Å². The zero-order chi connectivity index (χ0) is 17.5. The van der Waals surface area contributed by atoms with Crippen LogP contribution in [0.1, 0.15) is 36.3 Å². The SMILES string of the molecule is Cc1noc(C)c1CN1C[C@H]2CC[C@@H](C1)N(C(=O)CC(F)(F)F)C2. The molecule has 0 radical (unpaired) electrons. The number of halogens is 3. The maximum Gasteiger partial charge on any atom is 0.397 e. The topological polar surface area (TPSA) is 49.6 Å². The molecule has 8 heteroatoms. The fourth-order valence-electron chi connectivity index (χ4n) is 3.84. The van der Waals surface area contributed by atoms with E-state index in [2.05, 4.69) is 10.1 Å². The van der Waals surface area contributed by atoms with Crippen molar-refractivity contribution in [1.82, 2.24) is 15.0 Å². The summed E-state index contributed by atoms with van der Waals surface area (Å²) in [6.07, 6.45) is -4.08. The van der Waals surface area contributed by atoms with E-state index in [9.17, 15) is 18.0 Å². The van der Waals surface area contributed by atoms with Crippen LogP contribution in [0.3, 0.4) is 0 Å². The van der Waals surface area contributed by atoms with Crippen LogP contribution in [0.15, 0.2) is 4.52 Å². The molecule has 3 saturated heterocycles. The highest BCUT2D eigenvalue weighted by molar-refractivity contribution is 5.77. The minimum absolute atomic E-state index is 0.140. The van der Waals surface area contributed by atoms with Crippen molar-refractivity contribution >= 4 is 5.91 Å². The summed E-state index contributed by atoms with van der Waals surface area (Å²) in [4.78, 5) is 15.7. The van der Waals surface area contributed by atoms with E-state index in [1.807, 2.05) is 13.8 Å². The largest absolute Gasteiger partial charge is 0.397 e. The lowest BCUT2D eigenvalue weighted by atomic mass is 9.94. The minimum Gasteiger partial charge on any atom is -0.361 e. The molecule has 1 aromatic rings. The Bertz CT molecular complexity index is 595. The lowest BCUT2D eigenvalue weighted by Crippen LogP contribution is -2.48. The maximum absolute atomic E-state index is 12.5. The zero-order valence-electron chi connectivity index (χ0n) is 13.9. The van der Waals surface area contributed by atoms with Gasteiger partial charge in [0, 0.05) is 37.8 Å². The Balaban J connectivity index is 1.70. The van der Waals surface area contributed by atoms with Crippen molar-refractivity contribution in [3.05, 3.63) is 17.0 Å². The van der Waals surface area contributed by atoms with Gasteiger partial charge in [0.25, 0.3) is 0 Å². The minimum atomic E-state index is -4.45. The van der Waals surface area contributed by atoms with Crippen molar-refractivity contribution in [2.45, 2.75) is 51.9 Å². The summed E-state index contributed by atoms with van der Waals surface area (Å²) in [6.45, 7) is 6.23. The van der Waals surface area contributed by atoms with Crippen LogP contribution in [0, 0.1) is 19.8 Å². The second kappa shape index (κ2) is 6.38. The third-order valence-corrected chi connectivity index (χ3v) is 5.02. The zero-order valence-corrected chi connectivity index (χ0v) is 13.9. The molecule has 5 nitrogen and oxygen atoms in total. The predicted octanol–water partition coefficient (Wildman–Crippen LogP) is 2.67. The molecule has 0 N–H and O–H groups in total. The van der Waals surface area contributed by atoms with Crippen LogP contribution >= 0.6 is 0 Å². The number of fused-ring (bicyclic) bond motifs is 4. The monoisotopic (exact) mass is 345 g/mol. The van der Waals surface area contributed by atoms with Crippen molar-refractivity contribution in [2.24, 2.45) is 5.92 Å². The molecule has 4 heterocycles. The van der Waals surface area contributed by atoms with Gasteiger partial charge in [0.05, 0.1) is 5.69 Å². The molecule has 2 atom stereocenters. The number of aromatic nitrogens is 1. The summed E-state index contributed by atoms with van der Waals surface area (Å²) in [6, 6.07) is -0.140. The van der Waals surface area contributed by atoms with Gasteiger partial charge in [0.1, 0.15) is 12.2 Å². The molecule has 3 fully saturated rings. The molecule has 1 amide bonds. The number of hydrogen-bond donors (Lipinski definition) is 0. The Labute approximate surface area is 138 Å². The number of alkyl halides is 3. The van der Waals surface area contributed by atoms with E-state index in [4.69, 9.17) is 4.52 Å². The fourth-order valence-corrected chi connectivity index (χ4v) is 3.84. The Morgan fingerprint density at radius 3 is 2.62 bits per heavy atom. The summed E-state index contributed by atoms with van der Waals surface area (Å²) < 4.78 is 42.8. The number of rotatable bonds is 3. The standard InChI is InChI=1S/C16H22F3N3O2/c1-10-14(11(2)24-20-10)9-21-6-12-3-4-13(8-21)22(7-12)15(23)5-16(17,18)19/h12-13H,3-9H2,1-2H3/t12-,13+/m1/s1. The molecular formula is C16H22F3N3O2. The Hall–Kier alpha value is -1.57. The van der Waals surface area contributed by atoms with Crippen LogP contribution < -0.4 is 0 Å². The second-order valence-electron chi connectivity index (χ2n) is 6.93. The Kier molecular flexibility index (Phi) is 4.59.